The van der Waals surface area contributed by atoms with Crippen LogP contribution in [0.2, 0.25) is 0 Å². The van der Waals surface area contributed by atoms with Crippen molar-refractivity contribution >= 4 is 11.3 Å². The lowest BCUT2D eigenvalue weighted by atomic mass is 10.2. The zero-order valence-electron chi connectivity index (χ0n) is 13.7. The summed E-state index contributed by atoms with van der Waals surface area (Å²) in [6.45, 7) is 11.6. The molecule has 2 heterocycles. The number of hydrogen-bond donors (Lipinski definition) is 1. The Morgan fingerprint density at radius 2 is 1.81 bits per heavy atom. The van der Waals surface area contributed by atoms with Gasteiger partial charge in [-0.2, -0.15) is 0 Å². The topological polar surface area (TPSA) is 37.8 Å². The minimum absolute atomic E-state index is 0.496. The van der Waals surface area contributed by atoms with Crippen LogP contribution in [0.4, 0.5) is 0 Å². The highest BCUT2D eigenvalue weighted by molar-refractivity contribution is 7.15. The second kappa shape index (κ2) is 7.14. The van der Waals surface area contributed by atoms with Crippen molar-refractivity contribution < 1.29 is 0 Å². The van der Waals surface area contributed by atoms with Crippen molar-refractivity contribution in [1.82, 2.24) is 15.3 Å². The predicted octanol–water partition coefficient (Wildman–Crippen LogP) is 4.27. The summed E-state index contributed by atoms with van der Waals surface area (Å²) in [5, 5.41) is 4.62. The first-order chi connectivity index (χ1) is 9.99. The molecule has 4 heteroatoms. The second-order valence-corrected chi connectivity index (χ2v) is 6.90. The molecule has 2 rings (SSSR count). The average molecular weight is 303 g/mol. The Kier molecular flexibility index (Phi) is 5.48. The second-order valence-electron chi connectivity index (χ2n) is 5.81. The molecule has 0 saturated carbocycles. The van der Waals surface area contributed by atoms with Gasteiger partial charge in [-0.3, -0.25) is 4.98 Å². The molecule has 0 saturated heterocycles. The highest BCUT2D eigenvalue weighted by Gasteiger charge is 2.13. The molecule has 0 aliphatic heterocycles. The SMILES string of the molecule is CCCc1nc(-c2cc(C)nc(C)c2)sc1CNC(C)C. The van der Waals surface area contributed by atoms with Gasteiger partial charge in [0.2, 0.25) is 0 Å². The molecule has 0 aromatic carbocycles. The number of nitrogens with one attached hydrogen (secondary N) is 1. The molecule has 0 atom stereocenters. The smallest absolute Gasteiger partial charge is 0.124 e. The monoisotopic (exact) mass is 303 g/mol. The fourth-order valence-corrected chi connectivity index (χ4v) is 3.38. The van der Waals surface area contributed by atoms with Crippen LogP contribution in [0.15, 0.2) is 12.1 Å². The van der Waals surface area contributed by atoms with Gasteiger partial charge in [-0.05, 0) is 32.4 Å². The third-order valence-corrected chi connectivity index (χ3v) is 4.41. The van der Waals surface area contributed by atoms with E-state index in [1.54, 1.807) is 0 Å². The van der Waals surface area contributed by atoms with Gasteiger partial charge in [-0.1, -0.05) is 27.2 Å². The molecule has 1 N–H and O–H groups in total. The molecule has 2 aromatic heterocycles. The van der Waals surface area contributed by atoms with E-state index in [4.69, 9.17) is 4.98 Å². The number of thiazole rings is 1. The van der Waals surface area contributed by atoms with Crippen LogP contribution in [-0.4, -0.2) is 16.0 Å². The summed E-state index contributed by atoms with van der Waals surface area (Å²) < 4.78 is 0. The minimum atomic E-state index is 0.496. The van der Waals surface area contributed by atoms with Gasteiger partial charge < -0.3 is 5.32 Å². The van der Waals surface area contributed by atoms with Crippen LogP contribution in [0.1, 0.15) is 49.2 Å². The van der Waals surface area contributed by atoms with Crippen LogP contribution in [0.25, 0.3) is 10.6 Å². The van der Waals surface area contributed by atoms with Crippen LogP contribution >= 0.6 is 11.3 Å². The predicted molar refractivity (Wildman–Crippen MR) is 90.8 cm³/mol. The van der Waals surface area contributed by atoms with Gasteiger partial charge >= 0.3 is 0 Å². The normalized spacial score (nSPS) is 11.3. The van der Waals surface area contributed by atoms with E-state index in [1.165, 1.54) is 16.1 Å². The Morgan fingerprint density at radius 1 is 1.14 bits per heavy atom. The lowest BCUT2D eigenvalue weighted by Gasteiger charge is -2.07. The summed E-state index contributed by atoms with van der Waals surface area (Å²) in [7, 11) is 0. The highest BCUT2D eigenvalue weighted by atomic mass is 32.1. The Labute approximate surface area is 131 Å². The number of aromatic nitrogens is 2. The maximum Gasteiger partial charge on any atom is 0.124 e. The summed E-state index contributed by atoms with van der Waals surface area (Å²) in [5.41, 5.74) is 4.55. The average Bonchev–Trinajstić information content (AvgIpc) is 2.79. The zero-order valence-corrected chi connectivity index (χ0v) is 14.5. The quantitative estimate of drug-likeness (QED) is 0.866. The number of rotatable bonds is 6. The van der Waals surface area contributed by atoms with E-state index in [9.17, 15) is 0 Å². The number of hydrogen-bond acceptors (Lipinski definition) is 4. The molecule has 21 heavy (non-hydrogen) atoms. The van der Waals surface area contributed by atoms with Gasteiger partial charge in [-0.25, -0.2) is 4.98 Å². The van der Waals surface area contributed by atoms with Crippen molar-refractivity contribution in [1.29, 1.82) is 0 Å². The maximum absolute atomic E-state index is 4.88. The molecule has 0 aliphatic rings. The van der Waals surface area contributed by atoms with E-state index in [1.807, 2.05) is 25.2 Å². The van der Waals surface area contributed by atoms with Gasteiger partial charge in [0.05, 0.1) is 5.69 Å². The van der Waals surface area contributed by atoms with Crippen molar-refractivity contribution in [2.75, 3.05) is 0 Å². The summed E-state index contributed by atoms with van der Waals surface area (Å²) in [4.78, 5) is 10.7. The molecule has 0 amide bonds. The van der Waals surface area contributed by atoms with Gasteiger partial charge in [0.1, 0.15) is 5.01 Å². The summed E-state index contributed by atoms with van der Waals surface area (Å²) in [6.07, 6.45) is 2.18. The Balaban J connectivity index is 2.33. The molecule has 114 valence electrons. The molecule has 0 aliphatic carbocycles. The van der Waals surface area contributed by atoms with Crippen molar-refractivity contribution in [2.24, 2.45) is 0 Å². The highest BCUT2D eigenvalue weighted by Crippen LogP contribution is 2.29. The molecule has 0 bridgehead atoms. The molecule has 0 unspecified atom stereocenters. The number of aryl methyl sites for hydroxylation is 3. The molecular weight excluding hydrogens is 278 g/mol. The fourth-order valence-electron chi connectivity index (χ4n) is 2.33. The van der Waals surface area contributed by atoms with E-state index < -0.39 is 0 Å². The van der Waals surface area contributed by atoms with Crippen molar-refractivity contribution in [3.05, 3.63) is 34.1 Å². The van der Waals surface area contributed by atoms with Crippen LogP contribution in [0.3, 0.4) is 0 Å². The van der Waals surface area contributed by atoms with E-state index in [0.717, 1.165) is 35.8 Å². The zero-order chi connectivity index (χ0) is 15.4. The molecule has 3 nitrogen and oxygen atoms in total. The standard InChI is InChI=1S/C17H25N3S/c1-6-7-15-16(10-18-11(2)3)21-17(20-15)14-8-12(4)19-13(5)9-14/h8-9,11,18H,6-7,10H2,1-5H3. The summed E-state index contributed by atoms with van der Waals surface area (Å²) in [6, 6.07) is 4.75. The molecule has 0 spiro atoms. The van der Waals surface area contributed by atoms with Gasteiger partial charge in [0.15, 0.2) is 0 Å². The van der Waals surface area contributed by atoms with Gasteiger partial charge in [0, 0.05) is 34.4 Å². The Bertz CT molecular complexity index is 582. The first-order valence-corrected chi connectivity index (χ1v) is 8.49. The maximum atomic E-state index is 4.88. The van der Waals surface area contributed by atoms with Crippen LogP contribution in [0.5, 0.6) is 0 Å². The van der Waals surface area contributed by atoms with Crippen LogP contribution in [0, 0.1) is 13.8 Å². The van der Waals surface area contributed by atoms with E-state index in [2.05, 4.69) is 43.2 Å². The van der Waals surface area contributed by atoms with E-state index in [0.29, 0.717) is 6.04 Å². The molecular formula is C17H25N3S. The largest absolute Gasteiger partial charge is 0.310 e. The lowest BCUT2D eigenvalue weighted by Crippen LogP contribution is -2.21. The Morgan fingerprint density at radius 3 is 2.38 bits per heavy atom. The third kappa shape index (κ3) is 4.35. The first kappa shape index (κ1) is 16.1. The first-order valence-electron chi connectivity index (χ1n) is 7.67. The van der Waals surface area contributed by atoms with Crippen LogP contribution < -0.4 is 5.32 Å². The number of nitrogens with zero attached hydrogens (tertiary/aromatic N) is 2. The lowest BCUT2D eigenvalue weighted by molar-refractivity contribution is 0.589. The minimum Gasteiger partial charge on any atom is -0.310 e. The van der Waals surface area contributed by atoms with Crippen molar-refractivity contribution in [3.8, 4) is 10.6 Å². The van der Waals surface area contributed by atoms with E-state index in [-0.39, 0.29) is 0 Å². The molecule has 2 aromatic rings. The van der Waals surface area contributed by atoms with Crippen LogP contribution in [-0.2, 0) is 13.0 Å². The van der Waals surface area contributed by atoms with Gasteiger partial charge in [0.25, 0.3) is 0 Å². The van der Waals surface area contributed by atoms with E-state index >= 15 is 0 Å². The molecule has 0 radical (unpaired) electrons. The number of pyridine rings is 1. The van der Waals surface area contributed by atoms with Crippen molar-refractivity contribution in [2.45, 2.75) is 60.0 Å². The fraction of sp³-hybridized carbons (Fsp3) is 0.529. The molecule has 0 fully saturated rings. The summed E-state index contributed by atoms with van der Waals surface area (Å²) >= 11 is 1.81. The van der Waals surface area contributed by atoms with Crippen molar-refractivity contribution in [3.63, 3.8) is 0 Å². The summed E-state index contributed by atoms with van der Waals surface area (Å²) in [5.74, 6) is 0. The van der Waals surface area contributed by atoms with Gasteiger partial charge in [-0.15, -0.1) is 11.3 Å². The Hall–Kier alpha value is -1.26. The third-order valence-electron chi connectivity index (χ3n) is 3.26.